The highest BCUT2D eigenvalue weighted by Crippen LogP contribution is 2.31. The first-order chi connectivity index (χ1) is 9.61. The van der Waals surface area contributed by atoms with Gasteiger partial charge in [-0.15, -0.1) is 0 Å². The van der Waals surface area contributed by atoms with E-state index in [9.17, 15) is 9.59 Å². The molecule has 4 heteroatoms. The molecular weight excluding hydrogens is 254 g/mol. The van der Waals surface area contributed by atoms with Gasteiger partial charge < -0.3 is 10.1 Å². The molecule has 1 fully saturated rings. The van der Waals surface area contributed by atoms with Crippen molar-refractivity contribution in [1.82, 2.24) is 0 Å². The molecule has 0 bridgehead atoms. The van der Waals surface area contributed by atoms with Gasteiger partial charge in [-0.3, -0.25) is 9.59 Å². The maximum atomic E-state index is 12.1. The molecule has 2 rings (SSSR count). The summed E-state index contributed by atoms with van der Waals surface area (Å²) in [5.74, 6) is 0.740. The first-order valence-corrected chi connectivity index (χ1v) is 7.20. The van der Waals surface area contributed by atoms with Gasteiger partial charge in [-0.1, -0.05) is 13.3 Å². The summed E-state index contributed by atoms with van der Waals surface area (Å²) in [6.07, 6.45) is 3.90. The van der Waals surface area contributed by atoms with Crippen LogP contribution in [0.1, 0.15) is 49.9 Å². The van der Waals surface area contributed by atoms with Crippen molar-refractivity contribution in [3.05, 3.63) is 23.8 Å². The lowest BCUT2D eigenvalue weighted by molar-refractivity contribution is -0.122. The van der Waals surface area contributed by atoms with Crippen LogP contribution in [-0.2, 0) is 4.79 Å². The van der Waals surface area contributed by atoms with Gasteiger partial charge in [0.15, 0.2) is 5.78 Å². The van der Waals surface area contributed by atoms with Crippen molar-refractivity contribution in [2.45, 2.75) is 39.5 Å². The number of rotatable bonds is 6. The van der Waals surface area contributed by atoms with E-state index < -0.39 is 0 Å². The van der Waals surface area contributed by atoms with Gasteiger partial charge in [-0.25, -0.2) is 0 Å². The molecule has 1 aromatic carbocycles. The third kappa shape index (κ3) is 3.38. The summed E-state index contributed by atoms with van der Waals surface area (Å²) in [4.78, 5) is 23.5. The van der Waals surface area contributed by atoms with Crippen LogP contribution in [0.3, 0.4) is 0 Å². The Hall–Kier alpha value is -1.84. The van der Waals surface area contributed by atoms with Gasteiger partial charge >= 0.3 is 0 Å². The summed E-state index contributed by atoms with van der Waals surface area (Å²) in [5.41, 5.74) is 1.18. The van der Waals surface area contributed by atoms with E-state index in [1.54, 1.807) is 18.2 Å². The molecular formula is C16H21NO3. The zero-order valence-corrected chi connectivity index (χ0v) is 12.1. The predicted octanol–water partition coefficient (Wildman–Crippen LogP) is 3.42. The van der Waals surface area contributed by atoms with Crippen LogP contribution in [0, 0.1) is 5.92 Å². The summed E-state index contributed by atoms with van der Waals surface area (Å²) in [5, 5.41) is 2.90. The van der Waals surface area contributed by atoms with Crippen LogP contribution in [-0.4, -0.2) is 18.3 Å². The van der Waals surface area contributed by atoms with Gasteiger partial charge in [0, 0.05) is 11.5 Å². The normalized spacial score (nSPS) is 14.5. The van der Waals surface area contributed by atoms with E-state index in [2.05, 4.69) is 5.32 Å². The van der Waals surface area contributed by atoms with Gasteiger partial charge in [0.1, 0.15) is 5.75 Å². The molecule has 0 heterocycles. The van der Waals surface area contributed by atoms with E-state index in [1.165, 1.54) is 6.92 Å². The van der Waals surface area contributed by atoms with Gasteiger partial charge in [-0.2, -0.15) is 0 Å². The largest absolute Gasteiger partial charge is 0.491 e. The van der Waals surface area contributed by atoms with Crippen LogP contribution in [0.4, 0.5) is 5.69 Å². The van der Waals surface area contributed by atoms with E-state index in [4.69, 9.17) is 4.74 Å². The Balaban J connectivity index is 2.18. The van der Waals surface area contributed by atoms with Crippen molar-refractivity contribution in [3.63, 3.8) is 0 Å². The van der Waals surface area contributed by atoms with Crippen molar-refractivity contribution in [2.24, 2.45) is 5.92 Å². The number of carbonyl (C=O) groups excluding carboxylic acids is 2. The highest BCUT2D eigenvalue weighted by molar-refractivity contribution is 5.99. The topological polar surface area (TPSA) is 55.4 Å². The average Bonchev–Trinajstić information content (AvgIpc) is 2.34. The quantitative estimate of drug-likeness (QED) is 0.809. The van der Waals surface area contributed by atoms with Crippen molar-refractivity contribution >= 4 is 17.4 Å². The van der Waals surface area contributed by atoms with E-state index in [0.29, 0.717) is 23.6 Å². The van der Waals surface area contributed by atoms with Crippen LogP contribution in [0.2, 0.25) is 0 Å². The van der Waals surface area contributed by atoms with E-state index >= 15 is 0 Å². The fraction of sp³-hybridized carbons (Fsp3) is 0.500. The molecule has 1 amide bonds. The fourth-order valence-electron chi connectivity index (χ4n) is 2.09. The number of nitrogens with one attached hydrogen (secondary N) is 1. The molecule has 1 N–H and O–H groups in total. The van der Waals surface area contributed by atoms with Crippen LogP contribution in [0.15, 0.2) is 18.2 Å². The van der Waals surface area contributed by atoms with Gasteiger partial charge in [0.2, 0.25) is 5.91 Å². The molecule has 0 aliphatic heterocycles. The third-order valence-corrected chi connectivity index (χ3v) is 3.58. The average molecular weight is 275 g/mol. The maximum absolute atomic E-state index is 12.1. The first-order valence-electron chi connectivity index (χ1n) is 7.20. The van der Waals surface area contributed by atoms with Crippen molar-refractivity contribution in [3.8, 4) is 5.75 Å². The Morgan fingerprint density at radius 1 is 1.35 bits per heavy atom. The molecule has 1 aromatic rings. The second-order valence-corrected chi connectivity index (χ2v) is 5.23. The molecule has 0 radical (unpaired) electrons. The van der Waals surface area contributed by atoms with Gasteiger partial charge in [0.25, 0.3) is 0 Å². The molecule has 1 aliphatic carbocycles. The van der Waals surface area contributed by atoms with Crippen molar-refractivity contribution < 1.29 is 14.3 Å². The number of benzene rings is 1. The maximum Gasteiger partial charge on any atom is 0.227 e. The number of Topliss-reactive ketones (excluding diaryl/α,β-unsaturated/α-hetero) is 1. The zero-order chi connectivity index (χ0) is 14.5. The molecule has 0 spiro atoms. The lowest BCUT2D eigenvalue weighted by atomic mass is 9.85. The molecule has 1 aliphatic rings. The van der Waals surface area contributed by atoms with Crippen LogP contribution in [0.25, 0.3) is 0 Å². The number of hydrogen-bond donors (Lipinski definition) is 1. The molecule has 0 unspecified atom stereocenters. The van der Waals surface area contributed by atoms with Gasteiger partial charge in [-0.05, 0) is 44.4 Å². The van der Waals surface area contributed by atoms with Crippen molar-refractivity contribution in [2.75, 3.05) is 11.9 Å². The molecule has 1 saturated carbocycles. The summed E-state index contributed by atoms with van der Waals surface area (Å²) in [6.45, 7) is 4.13. The fourth-order valence-corrected chi connectivity index (χ4v) is 2.09. The zero-order valence-electron chi connectivity index (χ0n) is 12.1. The Labute approximate surface area is 119 Å². The summed E-state index contributed by atoms with van der Waals surface area (Å²) >= 11 is 0. The lowest BCUT2D eigenvalue weighted by Crippen LogP contribution is -2.28. The highest BCUT2D eigenvalue weighted by atomic mass is 16.5. The second-order valence-electron chi connectivity index (χ2n) is 5.23. The summed E-state index contributed by atoms with van der Waals surface area (Å²) < 4.78 is 5.63. The Kier molecular flexibility index (Phi) is 4.77. The third-order valence-electron chi connectivity index (χ3n) is 3.58. The minimum absolute atomic E-state index is 0.0221. The van der Waals surface area contributed by atoms with E-state index in [-0.39, 0.29) is 17.6 Å². The number of ether oxygens (including phenoxy) is 1. The molecule has 0 aromatic heterocycles. The summed E-state index contributed by atoms with van der Waals surface area (Å²) in [7, 11) is 0. The Morgan fingerprint density at radius 3 is 2.65 bits per heavy atom. The Morgan fingerprint density at radius 2 is 2.10 bits per heavy atom. The number of hydrogen-bond acceptors (Lipinski definition) is 3. The SMILES string of the molecule is CCCOc1ccc(C(C)=O)cc1NC(=O)C1CCC1. The number of ketones is 1. The molecule has 0 atom stereocenters. The van der Waals surface area contributed by atoms with Crippen LogP contribution in [0.5, 0.6) is 5.75 Å². The minimum Gasteiger partial charge on any atom is -0.491 e. The first kappa shape index (κ1) is 14.6. The molecule has 108 valence electrons. The molecule has 4 nitrogen and oxygen atoms in total. The van der Waals surface area contributed by atoms with E-state index in [1.807, 2.05) is 6.92 Å². The summed E-state index contributed by atoms with van der Waals surface area (Å²) in [6, 6.07) is 5.18. The molecule has 20 heavy (non-hydrogen) atoms. The van der Waals surface area contributed by atoms with Crippen LogP contribution < -0.4 is 10.1 Å². The Bertz CT molecular complexity index is 506. The highest BCUT2D eigenvalue weighted by Gasteiger charge is 2.26. The number of anilines is 1. The van der Waals surface area contributed by atoms with Crippen LogP contribution >= 0.6 is 0 Å². The minimum atomic E-state index is -0.0221. The second kappa shape index (κ2) is 6.55. The predicted molar refractivity (Wildman–Crippen MR) is 78.2 cm³/mol. The lowest BCUT2D eigenvalue weighted by Gasteiger charge is -2.24. The standard InChI is InChI=1S/C16H21NO3/c1-3-9-20-15-8-7-13(11(2)18)10-14(15)17-16(19)12-5-4-6-12/h7-8,10,12H,3-6,9H2,1-2H3,(H,17,19). The van der Waals surface area contributed by atoms with E-state index in [0.717, 1.165) is 25.7 Å². The number of carbonyl (C=O) groups is 2. The monoisotopic (exact) mass is 275 g/mol. The molecule has 0 saturated heterocycles. The number of amides is 1. The van der Waals surface area contributed by atoms with Gasteiger partial charge in [0.05, 0.1) is 12.3 Å². The smallest absolute Gasteiger partial charge is 0.227 e. The van der Waals surface area contributed by atoms with Crippen molar-refractivity contribution in [1.29, 1.82) is 0 Å².